The highest BCUT2D eigenvalue weighted by atomic mass is 16.4. The van der Waals surface area contributed by atoms with Crippen molar-refractivity contribution in [2.75, 3.05) is 5.32 Å². The van der Waals surface area contributed by atoms with Crippen molar-refractivity contribution in [3.05, 3.63) is 77.4 Å². The largest absolute Gasteiger partial charge is 0.481 e. The van der Waals surface area contributed by atoms with Crippen LogP contribution in [0, 0.1) is 18.8 Å². The van der Waals surface area contributed by atoms with E-state index in [2.05, 4.69) is 5.32 Å². The first-order valence-corrected chi connectivity index (χ1v) is 8.86. The molecule has 0 saturated heterocycles. The Balaban J connectivity index is 1.89. The van der Waals surface area contributed by atoms with Gasteiger partial charge in [0.1, 0.15) is 0 Å². The van der Waals surface area contributed by atoms with Crippen LogP contribution in [-0.4, -0.2) is 22.8 Å². The number of carboxylic acids is 1. The number of hydrogen-bond donors (Lipinski definition) is 2. The topological polar surface area (TPSA) is 83.5 Å². The number of carbonyl (C=O) groups is 3. The van der Waals surface area contributed by atoms with Gasteiger partial charge in [-0.05, 0) is 31.9 Å². The van der Waals surface area contributed by atoms with E-state index in [1.54, 1.807) is 42.5 Å². The van der Waals surface area contributed by atoms with Crippen molar-refractivity contribution in [2.45, 2.75) is 19.8 Å². The fourth-order valence-corrected chi connectivity index (χ4v) is 3.30. The minimum atomic E-state index is -0.982. The van der Waals surface area contributed by atoms with Crippen LogP contribution in [0.25, 0.3) is 0 Å². The van der Waals surface area contributed by atoms with Gasteiger partial charge in [0.15, 0.2) is 5.78 Å². The van der Waals surface area contributed by atoms with Crippen molar-refractivity contribution in [1.82, 2.24) is 0 Å². The summed E-state index contributed by atoms with van der Waals surface area (Å²) < 4.78 is 0. The highest BCUT2D eigenvalue weighted by Crippen LogP contribution is 2.28. The molecule has 2 atom stereocenters. The lowest BCUT2D eigenvalue weighted by Crippen LogP contribution is -2.35. The van der Waals surface area contributed by atoms with Crippen LogP contribution in [0.15, 0.2) is 60.7 Å². The van der Waals surface area contributed by atoms with Crippen molar-refractivity contribution in [1.29, 1.82) is 0 Å². The highest BCUT2D eigenvalue weighted by Gasteiger charge is 2.34. The van der Waals surface area contributed by atoms with Crippen LogP contribution >= 0.6 is 0 Å². The Kier molecular flexibility index (Phi) is 5.50. The molecule has 0 aliphatic heterocycles. The summed E-state index contributed by atoms with van der Waals surface area (Å²) in [4.78, 5) is 37.1. The zero-order chi connectivity index (χ0) is 19.4. The average molecular weight is 363 g/mol. The average Bonchev–Trinajstić information content (AvgIpc) is 2.69. The monoisotopic (exact) mass is 363 g/mol. The Morgan fingerprint density at radius 2 is 1.63 bits per heavy atom. The van der Waals surface area contributed by atoms with E-state index in [-0.39, 0.29) is 11.7 Å². The molecule has 27 heavy (non-hydrogen) atoms. The maximum atomic E-state index is 12.9. The first-order chi connectivity index (χ1) is 13.0. The third-order valence-electron chi connectivity index (χ3n) is 4.80. The molecule has 0 fully saturated rings. The van der Waals surface area contributed by atoms with Crippen molar-refractivity contribution in [3.63, 3.8) is 0 Å². The summed E-state index contributed by atoms with van der Waals surface area (Å²) >= 11 is 0. The lowest BCUT2D eigenvalue weighted by atomic mass is 9.82. The van der Waals surface area contributed by atoms with Crippen LogP contribution < -0.4 is 5.32 Å². The minimum absolute atomic E-state index is 0.187. The van der Waals surface area contributed by atoms with Gasteiger partial charge in [0.2, 0.25) is 5.91 Å². The van der Waals surface area contributed by atoms with Gasteiger partial charge < -0.3 is 10.4 Å². The van der Waals surface area contributed by atoms with Crippen LogP contribution in [0.4, 0.5) is 5.69 Å². The van der Waals surface area contributed by atoms with Crippen molar-refractivity contribution < 1.29 is 19.5 Å². The second-order valence-electron chi connectivity index (χ2n) is 6.73. The van der Waals surface area contributed by atoms with Crippen molar-refractivity contribution in [2.24, 2.45) is 11.8 Å². The second kappa shape index (κ2) is 7.99. The maximum absolute atomic E-state index is 12.9. The van der Waals surface area contributed by atoms with E-state index >= 15 is 0 Å². The summed E-state index contributed by atoms with van der Waals surface area (Å²) in [5, 5.41) is 12.2. The Morgan fingerprint density at radius 1 is 0.963 bits per heavy atom. The molecule has 2 aromatic carbocycles. The summed E-state index contributed by atoms with van der Waals surface area (Å²) in [5.74, 6) is -2.96. The van der Waals surface area contributed by atoms with E-state index in [1.165, 1.54) is 0 Å². The van der Waals surface area contributed by atoms with Gasteiger partial charge in [-0.15, -0.1) is 0 Å². The smallest absolute Gasteiger partial charge is 0.307 e. The van der Waals surface area contributed by atoms with E-state index in [1.807, 2.05) is 25.1 Å². The summed E-state index contributed by atoms with van der Waals surface area (Å²) in [6, 6.07) is 14.1. The molecular weight excluding hydrogens is 342 g/mol. The van der Waals surface area contributed by atoms with Crippen LogP contribution in [0.3, 0.4) is 0 Å². The lowest BCUT2D eigenvalue weighted by Gasteiger charge is -2.24. The molecule has 0 saturated carbocycles. The number of aryl methyl sites for hydroxylation is 1. The molecular formula is C22H21NO4. The number of anilines is 1. The summed E-state index contributed by atoms with van der Waals surface area (Å²) in [6.45, 7) is 1.87. The molecule has 5 nitrogen and oxygen atoms in total. The molecule has 0 radical (unpaired) electrons. The van der Waals surface area contributed by atoms with Gasteiger partial charge in [-0.3, -0.25) is 14.4 Å². The van der Waals surface area contributed by atoms with E-state index in [4.69, 9.17) is 0 Å². The number of hydrogen-bond acceptors (Lipinski definition) is 3. The molecule has 2 unspecified atom stereocenters. The molecule has 138 valence electrons. The van der Waals surface area contributed by atoms with Crippen LogP contribution in [0.5, 0.6) is 0 Å². The Labute approximate surface area is 157 Å². The number of benzene rings is 2. The predicted molar refractivity (Wildman–Crippen MR) is 103 cm³/mol. The predicted octanol–water partition coefficient (Wildman–Crippen LogP) is 3.83. The van der Waals surface area contributed by atoms with E-state index < -0.39 is 17.8 Å². The van der Waals surface area contributed by atoms with Gasteiger partial charge >= 0.3 is 5.97 Å². The van der Waals surface area contributed by atoms with Gasteiger partial charge in [0.25, 0.3) is 0 Å². The molecule has 3 rings (SSSR count). The van der Waals surface area contributed by atoms with Gasteiger partial charge in [-0.25, -0.2) is 0 Å². The van der Waals surface area contributed by atoms with E-state index in [0.29, 0.717) is 29.7 Å². The SMILES string of the molecule is Cc1ccc(NC(=O)C2CC=CCC2C(=O)O)c(C(=O)c2ccccc2)c1. The molecule has 1 aliphatic rings. The third kappa shape index (κ3) is 4.14. The Bertz CT molecular complexity index is 902. The number of allylic oxidation sites excluding steroid dienone is 2. The van der Waals surface area contributed by atoms with E-state index in [9.17, 15) is 19.5 Å². The van der Waals surface area contributed by atoms with Gasteiger partial charge in [-0.1, -0.05) is 54.1 Å². The molecule has 2 aromatic rings. The summed E-state index contributed by atoms with van der Waals surface area (Å²) in [5.41, 5.74) is 2.23. The second-order valence-corrected chi connectivity index (χ2v) is 6.73. The highest BCUT2D eigenvalue weighted by molar-refractivity contribution is 6.14. The molecule has 0 spiro atoms. The molecule has 2 N–H and O–H groups in total. The number of carboxylic acid groups (broad SMARTS) is 1. The van der Waals surface area contributed by atoms with Crippen molar-refractivity contribution in [3.8, 4) is 0 Å². The van der Waals surface area contributed by atoms with Crippen LogP contribution in [0.2, 0.25) is 0 Å². The van der Waals surface area contributed by atoms with E-state index in [0.717, 1.165) is 5.56 Å². The number of nitrogens with one attached hydrogen (secondary N) is 1. The minimum Gasteiger partial charge on any atom is -0.481 e. The molecule has 0 aromatic heterocycles. The molecule has 0 bridgehead atoms. The Hall–Kier alpha value is -3.21. The quantitative estimate of drug-likeness (QED) is 0.625. The molecule has 5 heteroatoms. The number of aliphatic carboxylic acids is 1. The van der Waals surface area contributed by atoms with Crippen molar-refractivity contribution >= 4 is 23.3 Å². The molecule has 1 aliphatic carbocycles. The standard InChI is InChI=1S/C22H21NO4/c1-14-11-12-19(18(13-14)20(24)15-7-3-2-4-8-15)23-21(25)16-9-5-6-10-17(16)22(26)27/h2-8,11-13,16-17H,9-10H2,1H3,(H,23,25)(H,26,27). The first kappa shape index (κ1) is 18.6. The molecule has 1 amide bonds. The first-order valence-electron chi connectivity index (χ1n) is 8.86. The maximum Gasteiger partial charge on any atom is 0.307 e. The lowest BCUT2D eigenvalue weighted by molar-refractivity contribution is -0.146. The zero-order valence-electron chi connectivity index (χ0n) is 15.0. The Morgan fingerprint density at radius 3 is 2.30 bits per heavy atom. The van der Waals surface area contributed by atoms with Crippen LogP contribution in [0.1, 0.15) is 34.3 Å². The summed E-state index contributed by atoms with van der Waals surface area (Å²) in [6.07, 6.45) is 4.32. The number of ketones is 1. The number of rotatable bonds is 5. The number of carbonyl (C=O) groups excluding carboxylic acids is 2. The fraction of sp³-hybridized carbons (Fsp3) is 0.227. The summed E-state index contributed by atoms with van der Waals surface area (Å²) in [7, 11) is 0. The fourth-order valence-electron chi connectivity index (χ4n) is 3.30. The van der Waals surface area contributed by atoms with Gasteiger partial charge in [0.05, 0.1) is 17.5 Å². The third-order valence-corrected chi connectivity index (χ3v) is 4.80. The van der Waals surface area contributed by atoms with Gasteiger partial charge in [0, 0.05) is 11.1 Å². The zero-order valence-corrected chi connectivity index (χ0v) is 15.0. The molecule has 0 heterocycles. The normalized spacial score (nSPS) is 18.7. The van der Waals surface area contributed by atoms with Gasteiger partial charge in [-0.2, -0.15) is 0 Å². The van der Waals surface area contributed by atoms with Crippen LogP contribution in [-0.2, 0) is 9.59 Å². The number of amides is 1.